The summed E-state index contributed by atoms with van der Waals surface area (Å²) >= 11 is 0. The molecule has 0 aliphatic carbocycles. The van der Waals surface area contributed by atoms with Crippen molar-refractivity contribution >= 4 is 23.9 Å². The molecule has 3 N–H and O–H groups in total. The van der Waals surface area contributed by atoms with Gasteiger partial charge in [-0.05, 0) is 34.6 Å². The van der Waals surface area contributed by atoms with Crippen LogP contribution in [0, 0.1) is 0 Å². The van der Waals surface area contributed by atoms with Gasteiger partial charge in [-0.25, -0.2) is 9.59 Å². The third-order valence-corrected chi connectivity index (χ3v) is 2.21. The molecule has 0 bridgehead atoms. The fourth-order valence-corrected chi connectivity index (χ4v) is 1.12. The average molecular weight is 302 g/mol. The van der Waals surface area contributed by atoms with Crippen molar-refractivity contribution in [3.8, 4) is 0 Å². The standard InChI is InChI=1S/C9H17NO4.C4H5NO2/c1-8(2,3)14-7(13)10-9(4,5)6(11)12;6-3-1-2-4(7)5-3/h1-5H3,(H,10,13)(H,11,12);1-2H2,(H,5,6,7). The molecule has 1 fully saturated rings. The van der Waals surface area contributed by atoms with Crippen LogP contribution < -0.4 is 10.6 Å². The van der Waals surface area contributed by atoms with E-state index in [0.29, 0.717) is 12.8 Å². The SMILES string of the molecule is CC(C)(C)OC(=O)NC(C)(C)C(=O)O.O=C1CCC(=O)N1. The van der Waals surface area contributed by atoms with Gasteiger partial charge in [0.1, 0.15) is 11.1 Å². The number of imide groups is 1. The maximum absolute atomic E-state index is 11.2. The number of carbonyl (C=O) groups is 4. The molecule has 1 aliphatic rings. The number of hydrogen-bond acceptors (Lipinski definition) is 5. The Kier molecular flexibility index (Phi) is 6.34. The molecule has 8 heteroatoms. The first-order valence-electron chi connectivity index (χ1n) is 6.41. The maximum atomic E-state index is 11.2. The zero-order valence-electron chi connectivity index (χ0n) is 12.9. The zero-order chi connectivity index (χ0) is 16.8. The molecular formula is C13H22N2O6. The Morgan fingerprint density at radius 1 is 1.10 bits per heavy atom. The van der Waals surface area contributed by atoms with Crippen LogP contribution >= 0.6 is 0 Å². The number of hydrogen-bond donors (Lipinski definition) is 3. The second-order valence-electron chi connectivity index (χ2n) is 6.03. The van der Waals surface area contributed by atoms with Crippen LogP contribution in [0.2, 0.25) is 0 Å². The van der Waals surface area contributed by atoms with E-state index in [4.69, 9.17) is 9.84 Å². The number of alkyl carbamates (subject to hydrolysis) is 1. The van der Waals surface area contributed by atoms with Gasteiger partial charge in [-0.1, -0.05) is 0 Å². The number of carbonyl (C=O) groups excluding carboxylic acids is 3. The molecule has 8 nitrogen and oxygen atoms in total. The lowest BCUT2D eigenvalue weighted by Gasteiger charge is -2.25. The first-order chi connectivity index (χ1) is 9.33. The first kappa shape index (κ1) is 18.9. The van der Waals surface area contributed by atoms with Crippen molar-refractivity contribution in [2.45, 2.75) is 58.6 Å². The lowest BCUT2D eigenvalue weighted by Crippen LogP contribution is -2.51. The molecule has 0 aromatic heterocycles. The molecule has 0 aromatic carbocycles. The Hall–Kier alpha value is -2.12. The number of ether oxygens (including phenoxy) is 1. The zero-order valence-corrected chi connectivity index (χ0v) is 12.9. The van der Waals surface area contributed by atoms with Crippen LogP contribution in [-0.2, 0) is 19.1 Å². The van der Waals surface area contributed by atoms with Crippen molar-refractivity contribution < 1.29 is 29.0 Å². The van der Waals surface area contributed by atoms with E-state index < -0.39 is 23.2 Å². The summed E-state index contributed by atoms with van der Waals surface area (Å²) in [5.41, 5.74) is -1.94. The van der Waals surface area contributed by atoms with E-state index in [1.807, 2.05) is 0 Å². The van der Waals surface area contributed by atoms with Crippen LogP contribution in [0.5, 0.6) is 0 Å². The highest BCUT2D eigenvalue weighted by Crippen LogP contribution is 2.09. The maximum Gasteiger partial charge on any atom is 0.408 e. The minimum atomic E-state index is -1.32. The van der Waals surface area contributed by atoms with Gasteiger partial charge < -0.3 is 15.2 Å². The number of carboxylic acids is 1. The highest BCUT2D eigenvalue weighted by molar-refractivity contribution is 6.01. The lowest BCUT2D eigenvalue weighted by molar-refractivity contribution is -0.143. The van der Waals surface area contributed by atoms with E-state index in [2.05, 4.69) is 10.6 Å². The van der Waals surface area contributed by atoms with Crippen molar-refractivity contribution in [2.75, 3.05) is 0 Å². The summed E-state index contributed by atoms with van der Waals surface area (Å²) < 4.78 is 4.91. The number of amides is 3. The molecule has 3 amide bonds. The largest absolute Gasteiger partial charge is 0.480 e. The normalized spacial score (nSPS) is 14.7. The van der Waals surface area contributed by atoms with Gasteiger partial charge in [0.05, 0.1) is 0 Å². The van der Waals surface area contributed by atoms with Crippen molar-refractivity contribution in [1.82, 2.24) is 10.6 Å². The molecular weight excluding hydrogens is 280 g/mol. The highest BCUT2D eigenvalue weighted by atomic mass is 16.6. The van der Waals surface area contributed by atoms with Gasteiger partial charge in [-0.15, -0.1) is 0 Å². The summed E-state index contributed by atoms with van der Waals surface area (Å²) in [6.07, 6.45) is 0.0161. The van der Waals surface area contributed by atoms with Crippen molar-refractivity contribution in [3.05, 3.63) is 0 Å². The first-order valence-corrected chi connectivity index (χ1v) is 6.41. The van der Waals surface area contributed by atoms with Crippen LogP contribution in [0.1, 0.15) is 47.5 Å². The van der Waals surface area contributed by atoms with Crippen molar-refractivity contribution in [2.24, 2.45) is 0 Å². The average Bonchev–Trinajstić information content (AvgIpc) is 2.59. The molecule has 120 valence electrons. The Labute approximate surface area is 123 Å². The topological polar surface area (TPSA) is 122 Å². The van der Waals surface area contributed by atoms with Crippen molar-refractivity contribution in [1.29, 1.82) is 0 Å². The molecule has 1 rings (SSSR count). The molecule has 0 aromatic rings. The summed E-state index contributed by atoms with van der Waals surface area (Å²) in [5.74, 6) is -1.40. The quantitative estimate of drug-likeness (QED) is 0.648. The molecule has 0 saturated carbocycles. The summed E-state index contributed by atoms with van der Waals surface area (Å²) in [6, 6.07) is 0. The van der Waals surface area contributed by atoms with E-state index in [1.165, 1.54) is 13.8 Å². The molecule has 1 aliphatic heterocycles. The Morgan fingerprint density at radius 2 is 1.52 bits per heavy atom. The third-order valence-electron chi connectivity index (χ3n) is 2.21. The van der Waals surface area contributed by atoms with Gasteiger partial charge in [0, 0.05) is 12.8 Å². The van der Waals surface area contributed by atoms with Gasteiger partial charge in [-0.3, -0.25) is 14.9 Å². The molecule has 0 unspecified atom stereocenters. The van der Waals surface area contributed by atoms with Gasteiger partial charge >= 0.3 is 12.1 Å². The monoisotopic (exact) mass is 302 g/mol. The summed E-state index contributed by atoms with van der Waals surface area (Å²) in [6.45, 7) is 7.90. The lowest BCUT2D eigenvalue weighted by atomic mass is 10.1. The predicted octanol–water partition coefficient (Wildman–Crippen LogP) is 0.797. The molecule has 0 spiro atoms. The molecule has 21 heavy (non-hydrogen) atoms. The number of nitrogens with one attached hydrogen (secondary N) is 2. The molecule has 1 saturated heterocycles. The number of aliphatic carboxylic acids is 1. The summed E-state index contributed by atoms with van der Waals surface area (Å²) in [5, 5.41) is 13.1. The molecule has 0 atom stereocenters. The van der Waals surface area contributed by atoms with E-state index in [0.717, 1.165) is 0 Å². The van der Waals surface area contributed by atoms with Gasteiger partial charge in [0.2, 0.25) is 11.8 Å². The molecule has 0 radical (unpaired) electrons. The summed E-state index contributed by atoms with van der Waals surface area (Å²) in [4.78, 5) is 42.1. The molecule has 1 heterocycles. The van der Waals surface area contributed by atoms with Crippen LogP contribution in [0.3, 0.4) is 0 Å². The smallest absolute Gasteiger partial charge is 0.408 e. The van der Waals surface area contributed by atoms with Gasteiger partial charge in [0.25, 0.3) is 0 Å². The van der Waals surface area contributed by atoms with Crippen LogP contribution in [0.15, 0.2) is 0 Å². The van der Waals surface area contributed by atoms with Crippen LogP contribution in [-0.4, -0.2) is 40.1 Å². The fraction of sp³-hybridized carbons (Fsp3) is 0.692. The Balaban J connectivity index is 0.000000471. The second kappa shape index (κ2) is 7.05. The van der Waals surface area contributed by atoms with Crippen LogP contribution in [0.25, 0.3) is 0 Å². The Bertz CT molecular complexity index is 422. The number of rotatable bonds is 2. The van der Waals surface area contributed by atoms with Gasteiger partial charge in [-0.2, -0.15) is 0 Å². The van der Waals surface area contributed by atoms with E-state index in [1.54, 1.807) is 20.8 Å². The fourth-order valence-electron chi connectivity index (χ4n) is 1.12. The Morgan fingerprint density at radius 3 is 1.76 bits per heavy atom. The van der Waals surface area contributed by atoms with E-state index >= 15 is 0 Å². The minimum absolute atomic E-state index is 0.148. The minimum Gasteiger partial charge on any atom is -0.480 e. The predicted molar refractivity (Wildman–Crippen MR) is 73.5 cm³/mol. The van der Waals surface area contributed by atoms with Crippen molar-refractivity contribution in [3.63, 3.8) is 0 Å². The highest BCUT2D eigenvalue weighted by Gasteiger charge is 2.31. The van der Waals surface area contributed by atoms with E-state index in [-0.39, 0.29) is 11.8 Å². The second-order valence-corrected chi connectivity index (χ2v) is 6.03. The summed E-state index contributed by atoms with van der Waals surface area (Å²) in [7, 11) is 0. The van der Waals surface area contributed by atoms with Crippen LogP contribution in [0.4, 0.5) is 4.79 Å². The third kappa shape index (κ3) is 8.61. The van der Waals surface area contributed by atoms with E-state index in [9.17, 15) is 19.2 Å². The number of carboxylic acid groups (broad SMARTS) is 1. The van der Waals surface area contributed by atoms with Gasteiger partial charge in [0.15, 0.2) is 0 Å².